The number of hydrogen-bond donors (Lipinski definition) is 1. The lowest BCUT2D eigenvalue weighted by Crippen LogP contribution is -2.09. The fourth-order valence-electron chi connectivity index (χ4n) is 1.37. The van der Waals surface area contributed by atoms with Crippen LogP contribution in [-0.2, 0) is 9.59 Å². The summed E-state index contributed by atoms with van der Waals surface area (Å²) in [6.07, 6.45) is 0.417. The summed E-state index contributed by atoms with van der Waals surface area (Å²) in [4.78, 5) is 21.7. The summed E-state index contributed by atoms with van der Waals surface area (Å²) in [5, 5.41) is 8.44. The number of ether oxygens (including phenoxy) is 1. The van der Waals surface area contributed by atoms with Gasteiger partial charge in [0.1, 0.15) is 5.75 Å². The van der Waals surface area contributed by atoms with Crippen molar-refractivity contribution < 1.29 is 19.4 Å². The molecule has 1 N–H and O–H groups in total. The van der Waals surface area contributed by atoms with Crippen LogP contribution in [0, 0.1) is 13.8 Å². The van der Waals surface area contributed by atoms with Gasteiger partial charge in [0.15, 0.2) is 0 Å². The molecule has 0 aliphatic carbocycles. The second-order valence-electron chi connectivity index (χ2n) is 3.99. The van der Waals surface area contributed by atoms with E-state index < -0.39 is 5.97 Å². The van der Waals surface area contributed by atoms with Crippen LogP contribution in [0.3, 0.4) is 0 Å². The molecular weight excluding hydrogens is 220 g/mol. The van der Waals surface area contributed by atoms with E-state index in [2.05, 4.69) is 0 Å². The van der Waals surface area contributed by atoms with E-state index in [1.807, 2.05) is 26.0 Å². The summed E-state index contributed by atoms with van der Waals surface area (Å²) in [6, 6.07) is 5.62. The van der Waals surface area contributed by atoms with Crippen LogP contribution in [0.1, 0.15) is 30.4 Å². The van der Waals surface area contributed by atoms with Crippen molar-refractivity contribution in [2.45, 2.75) is 33.1 Å². The van der Waals surface area contributed by atoms with Gasteiger partial charge in [-0.15, -0.1) is 0 Å². The molecule has 17 heavy (non-hydrogen) atoms. The maximum atomic E-state index is 11.4. The van der Waals surface area contributed by atoms with Crippen LogP contribution in [0.5, 0.6) is 5.75 Å². The summed E-state index contributed by atoms with van der Waals surface area (Å²) in [7, 11) is 0. The van der Waals surface area contributed by atoms with Crippen molar-refractivity contribution in [3.63, 3.8) is 0 Å². The highest BCUT2D eigenvalue weighted by molar-refractivity contribution is 5.74. The minimum Gasteiger partial charge on any atom is -0.481 e. The fourth-order valence-corrected chi connectivity index (χ4v) is 1.37. The molecule has 0 bridgehead atoms. The number of aliphatic carboxylic acids is 1. The minimum absolute atomic E-state index is 0.0120. The summed E-state index contributed by atoms with van der Waals surface area (Å²) in [5.74, 6) is -0.741. The molecule has 0 aliphatic heterocycles. The second-order valence-corrected chi connectivity index (χ2v) is 3.99. The van der Waals surface area contributed by atoms with E-state index in [-0.39, 0.29) is 18.8 Å². The van der Waals surface area contributed by atoms with Crippen LogP contribution in [-0.4, -0.2) is 17.0 Å². The van der Waals surface area contributed by atoms with Crippen molar-refractivity contribution in [3.8, 4) is 5.75 Å². The Morgan fingerprint density at radius 2 is 1.94 bits per heavy atom. The van der Waals surface area contributed by atoms with E-state index in [0.29, 0.717) is 12.2 Å². The highest BCUT2D eigenvalue weighted by Gasteiger charge is 2.08. The number of esters is 1. The Bertz CT molecular complexity index is 423. The Kier molecular flexibility index (Phi) is 4.69. The molecule has 1 aromatic carbocycles. The molecule has 4 heteroatoms. The third-order valence-corrected chi connectivity index (χ3v) is 2.34. The Labute approximate surface area is 100 Å². The van der Waals surface area contributed by atoms with Crippen molar-refractivity contribution >= 4 is 11.9 Å². The van der Waals surface area contributed by atoms with Crippen LogP contribution in [0.15, 0.2) is 18.2 Å². The number of hydrogen-bond acceptors (Lipinski definition) is 3. The molecule has 4 nitrogen and oxygen atoms in total. The topological polar surface area (TPSA) is 63.6 Å². The Morgan fingerprint density at radius 3 is 2.59 bits per heavy atom. The maximum absolute atomic E-state index is 11.4. The molecule has 0 aliphatic rings. The number of carbonyl (C=O) groups excluding carboxylic acids is 1. The molecule has 1 rings (SSSR count). The van der Waals surface area contributed by atoms with Gasteiger partial charge in [-0.25, -0.2) is 0 Å². The predicted octanol–water partition coefficient (Wildman–Crippen LogP) is 2.46. The fraction of sp³-hybridized carbons (Fsp3) is 0.385. The lowest BCUT2D eigenvalue weighted by molar-refractivity contribution is -0.137. The third kappa shape index (κ3) is 4.68. The van der Waals surface area contributed by atoms with E-state index in [0.717, 1.165) is 11.1 Å². The van der Waals surface area contributed by atoms with E-state index >= 15 is 0 Å². The number of aryl methyl sites for hydroxylation is 2. The van der Waals surface area contributed by atoms with Gasteiger partial charge in [-0.1, -0.05) is 12.1 Å². The van der Waals surface area contributed by atoms with Crippen molar-refractivity contribution in [1.82, 2.24) is 0 Å². The largest absolute Gasteiger partial charge is 0.481 e. The normalized spacial score (nSPS) is 10.0. The van der Waals surface area contributed by atoms with Crippen molar-refractivity contribution in [2.75, 3.05) is 0 Å². The Hall–Kier alpha value is -1.84. The molecule has 0 radical (unpaired) electrons. The average Bonchev–Trinajstić information content (AvgIpc) is 2.23. The predicted molar refractivity (Wildman–Crippen MR) is 63.0 cm³/mol. The van der Waals surface area contributed by atoms with Crippen molar-refractivity contribution in [1.29, 1.82) is 0 Å². The van der Waals surface area contributed by atoms with Gasteiger partial charge in [0, 0.05) is 12.8 Å². The van der Waals surface area contributed by atoms with Crippen LogP contribution in [0.25, 0.3) is 0 Å². The number of carboxylic acid groups (broad SMARTS) is 1. The number of rotatable bonds is 5. The van der Waals surface area contributed by atoms with Gasteiger partial charge in [0.05, 0.1) is 0 Å². The van der Waals surface area contributed by atoms with Gasteiger partial charge in [0.2, 0.25) is 0 Å². The monoisotopic (exact) mass is 236 g/mol. The summed E-state index contributed by atoms with van der Waals surface area (Å²) < 4.78 is 5.18. The smallest absolute Gasteiger partial charge is 0.311 e. The van der Waals surface area contributed by atoms with E-state index in [9.17, 15) is 9.59 Å². The average molecular weight is 236 g/mol. The van der Waals surface area contributed by atoms with Gasteiger partial charge in [-0.2, -0.15) is 0 Å². The molecule has 0 spiro atoms. The maximum Gasteiger partial charge on any atom is 0.311 e. The highest BCUT2D eigenvalue weighted by atomic mass is 16.5. The molecule has 0 saturated carbocycles. The lowest BCUT2D eigenvalue weighted by atomic mass is 10.1. The second kappa shape index (κ2) is 6.03. The zero-order valence-corrected chi connectivity index (χ0v) is 10.0. The molecule has 0 heterocycles. The quantitative estimate of drug-likeness (QED) is 0.630. The summed E-state index contributed by atoms with van der Waals surface area (Å²) in [5.41, 5.74) is 1.91. The SMILES string of the molecule is Cc1ccc(C)c(OC(=O)CCCC(=O)O)c1. The minimum atomic E-state index is -0.899. The van der Waals surface area contributed by atoms with Gasteiger partial charge in [-0.3, -0.25) is 9.59 Å². The van der Waals surface area contributed by atoms with Gasteiger partial charge in [-0.05, 0) is 37.5 Å². The Morgan fingerprint density at radius 1 is 1.24 bits per heavy atom. The van der Waals surface area contributed by atoms with Crippen LogP contribution < -0.4 is 4.74 Å². The van der Waals surface area contributed by atoms with Gasteiger partial charge >= 0.3 is 11.9 Å². The molecule has 0 aromatic heterocycles. The lowest BCUT2D eigenvalue weighted by Gasteiger charge is -2.07. The molecule has 92 valence electrons. The van der Waals surface area contributed by atoms with E-state index in [4.69, 9.17) is 9.84 Å². The van der Waals surface area contributed by atoms with Crippen LogP contribution in [0.2, 0.25) is 0 Å². The van der Waals surface area contributed by atoms with Gasteiger partial charge < -0.3 is 9.84 Å². The zero-order valence-electron chi connectivity index (χ0n) is 10.0. The zero-order chi connectivity index (χ0) is 12.8. The standard InChI is InChI=1S/C13H16O4/c1-9-6-7-10(2)11(8-9)17-13(16)5-3-4-12(14)15/h6-8H,3-5H2,1-2H3,(H,14,15). The van der Waals surface area contributed by atoms with E-state index in [1.54, 1.807) is 6.07 Å². The summed E-state index contributed by atoms with van der Waals surface area (Å²) in [6.45, 7) is 3.78. The number of benzene rings is 1. The Balaban J connectivity index is 2.50. The molecular formula is C13H16O4. The molecule has 0 saturated heterocycles. The molecule has 0 fully saturated rings. The van der Waals surface area contributed by atoms with E-state index in [1.165, 1.54) is 0 Å². The molecule has 1 aromatic rings. The molecule has 0 unspecified atom stereocenters. The highest BCUT2D eigenvalue weighted by Crippen LogP contribution is 2.19. The van der Waals surface area contributed by atoms with Gasteiger partial charge in [0.25, 0.3) is 0 Å². The number of carbonyl (C=O) groups is 2. The first-order valence-corrected chi connectivity index (χ1v) is 5.49. The summed E-state index contributed by atoms with van der Waals surface area (Å²) >= 11 is 0. The number of carboxylic acids is 1. The van der Waals surface area contributed by atoms with Crippen molar-refractivity contribution in [2.24, 2.45) is 0 Å². The van der Waals surface area contributed by atoms with Crippen LogP contribution >= 0.6 is 0 Å². The molecule has 0 atom stereocenters. The first kappa shape index (κ1) is 13.2. The first-order valence-electron chi connectivity index (χ1n) is 5.49. The third-order valence-electron chi connectivity index (χ3n) is 2.34. The first-order chi connectivity index (χ1) is 7.99. The molecule has 0 amide bonds. The van der Waals surface area contributed by atoms with Crippen molar-refractivity contribution in [3.05, 3.63) is 29.3 Å². The van der Waals surface area contributed by atoms with Crippen LogP contribution in [0.4, 0.5) is 0 Å².